The molecule has 1 amide bonds. The van der Waals surface area contributed by atoms with Gasteiger partial charge in [0.15, 0.2) is 9.84 Å². The van der Waals surface area contributed by atoms with Gasteiger partial charge in [-0.25, -0.2) is 8.42 Å². The van der Waals surface area contributed by atoms with Crippen LogP contribution in [0, 0.1) is 0 Å². The third kappa shape index (κ3) is 8.30. The summed E-state index contributed by atoms with van der Waals surface area (Å²) in [7, 11) is -3.27. The lowest BCUT2D eigenvalue weighted by Gasteiger charge is -2.22. The molecule has 202 valence electrons. The van der Waals surface area contributed by atoms with Crippen molar-refractivity contribution in [2.75, 3.05) is 12.8 Å². The third-order valence-electron chi connectivity index (χ3n) is 5.91. The molecule has 38 heavy (non-hydrogen) atoms. The summed E-state index contributed by atoms with van der Waals surface area (Å²) in [4.78, 5) is 22.8. The normalized spacial score (nSPS) is 13.4. The van der Waals surface area contributed by atoms with E-state index in [1.807, 2.05) is 43.3 Å². The van der Waals surface area contributed by atoms with E-state index in [9.17, 15) is 18.0 Å². The zero-order valence-electron chi connectivity index (χ0n) is 21.2. The first-order valence-corrected chi connectivity index (χ1v) is 14.6. The summed E-state index contributed by atoms with van der Waals surface area (Å²) in [6.07, 6.45) is 2.41. The van der Waals surface area contributed by atoms with Crippen molar-refractivity contribution in [3.63, 3.8) is 0 Å². The first kappa shape index (κ1) is 29.6. The second-order valence-corrected chi connectivity index (χ2v) is 11.8. The summed E-state index contributed by atoms with van der Waals surface area (Å²) in [5.74, 6) is -0.330. The topological polar surface area (TPSA) is 102 Å². The van der Waals surface area contributed by atoms with Crippen LogP contribution in [0.4, 0.5) is 0 Å². The van der Waals surface area contributed by atoms with Crippen molar-refractivity contribution in [3.05, 3.63) is 98.5 Å². The van der Waals surface area contributed by atoms with Gasteiger partial charge in [0.05, 0.1) is 20.5 Å². The Labute approximate surface area is 233 Å². The Morgan fingerprint density at radius 1 is 1.11 bits per heavy atom. The minimum atomic E-state index is -3.27. The molecule has 2 N–H and O–H groups in total. The fourth-order valence-electron chi connectivity index (χ4n) is 4.09. The summed E-state index contributed by atoms with van der Waals surface area (Å²) in [6.45, 7) is 4.17. The minimum Gasteiger partial charge on any atom is -0.463 e. The van der Waals surface area contributed by atoms with E-state index < -0.39 is 9.84 Å². The Bertz CT molecular complexity index is 1380. The predicted molar refractivity (Wildman–Crippen MR) is 149 cm³/mol. The van der Waals surface area contributed by atoms with E-state index in [4.69, 9.17) is 23.2 Å². The Morgan fingerprint density at radius 3 is 2.50 bits per heavy atom. The molecule has 4 rings (SSSR count). The minimum absolute atomic E-state index is 0.229. The number of sulfone groups is 1. The van der Waals surface area contributed by atoms with Crippen LogP contribution in [-0.2, 0) is 45.4 Å². The Morgan fingerprint density at radius 2 is 1.82 bits per heavy atom. The lowest BCUT2D eigenvalue weighted by molar-refractivity contribution is -0.129. The Balaban J connectivity index is 0.000000336. The van der Waals surface area contributed by atoms with Crippen LogP contribution in [-0.4, -0.2) is 39.6 Å². The molecule has 0 saturated carbocycles. The molecule has 1 aliphatic heterocycles. The van der Waals surface area contributed by atoms with Crippen molar-refractivity contribution in [2.45, 2.75) is 43.9 Å². The zero-order chi connectivity index (χ0) is 27.7. The smallest absolute Gasteiger partial charge is 0.293 e. The molecule has 0 spiro atoms. The van der Waals surface area contributed by atoms with Crippen LogP contribution in [0.5, 0.6) is 0 Å². The number of hydrogen-bond donors (Lipinski definition) is 2. The monoisotopic (exact) mass is 576 g/mol. The number of fused-ring (bicyclic) bond motifs is 1. The highest BCUT2D eigenvalue weighted by Gasteiger charge is 2.23. The number of halogens is 2. The van der Waals surface area contributed by atoms with Gasteiger partial charge in [-0.2, -0.15) is 0 Å². The number of benzene rings is 3. The second kappa shape index (κ2) is 13.8. The summed E-state index contributed by atoms with van der Waals surface area (Å²) >= 11 is 12.8. The number of carbonyl (C=O) groups excluding carboxylic acids is 2. The highest BCUT2D eigenvalue weighted by Crippen LogP contribution is 2.33. The largest absolute Gasteiger partial charge is 0.463 e. The lowest BCUT2D eigenvalue weighted by Crippen LogP contribution is -2.35. The van der Waals surface area contributed by atoms with E-state index in [-0.39, 0.29) is 16.8 Å². The average Bonchev–Trinajstić information content (AvgIpc) is 2.88. The van der Waals surface area contributed by atoms with Gasteiger partial charge in [-0.1, -0.05) is 65.7 Å². The Kier molecular flexibility index (Phi) is 10.7. The number of carbonyl (C=O) groups is 2. The van der Waals surface area contributed by atoms with Crippen LogP contribution >= 0.6 is 23.2 Å². The maximum absolute atomic E-state index is 12.8. The molecule has 3 aromatic carbocycles. The molecule has 0 aromatic heterocycles. The van der Waals surface area contributed by atoms with Crippen LogP contribution in [0.1, 0.15) is 39.5 Å². The van der Waals surface area contributed by atoms with Crippen LogP contribution < -0.4 is 10.6 Å². The van der Waals surface area contributed by atoms with E-state index >= 15 is 0 Å². The summed E-state index contributed by atoms with van der Waals surface area (Å²) in [6, 6.07) is 17.8. The maximum atomic E-state index is 12.8. The number of rotatable bonds is 8. The van der Waals surface area contributed by atoms with Gasteiger partial charge in [0.25, 0.3) is 12.4 Å². The molecule has 3 aromatic rings. The van der Waals surface area contributed by atoms with Gasteiger partial charge in [-0.3, -0.25) is 9.59 Å². The Hall–Kier alpha value is -2.91. The van der Waals surface area contributed by atoms with Crippen molar-refractivity contribution in [3.8, 4) is 0 Å². The molecular weight excluding hydrogens is 547 g/mol. The van der Waals surface area contributed by atoms with Gasteiger partial charge in [0.1, 0.15) is 6.61 Å². The van der Waals surface area contributed by atoms with Gasteiger partial charge in [0, 0.05) is 18.8 Å². The molecule has 0 radical (unpaired) electrons. The van der Waals surface area contributed by atoms with E-state index in [1.54, 1.807) is 24.3 Å². The summed E-state index contributed by atoms with van der Waals surface area (Å²) < 4.78 is 28.0. The fourth-order valence-corrected chi connectivity index (χ4v) is 5.54. The van der Waals surface area contributed by atoms with E-state index in [2.05, 4.69) is 15.4 Å². The van der Waals surface area contributed by atoms with Crippen LogP contribution in [0.25, 0.3) is 0 Å². The number of hydrogen-bond acceptors (Lipinski definition) is 6. The molecule has 1 atom stereocenters. The SMILES string of the molecule is CC(Cc1cccc(S(C)(=O)=O)c1)NC(=O)c1c(Cl)cc2c(c1Cl)CCNC2.O=COCc1ccccc1. The standard InChI is InChI=1S/C20H22Cl2N2O3S.C8H8O2/c1-12(8-13-4-3-5-15(9-13)28(2,26)27)24-20(25)18-17(21)10-14-11-23-7-6-16(14)19(18)22;9-7-10-6-8-4-2-1-3-5-8/h3-5,9-10,12,23H,6-8,11H2,1-2H3,(H,24,25);1-5,7H,6H2. The molecule has 7 nitrogen and oxygen atoms in total. The van der Waals surface area contributed by atoms with Crippen molar-refractivity contribution >= 4 is 45.4 Å². The van der Waals surface area contributed by atoms with Crippen molar-refractivity contribution < 1.29 is 22.7 Å². The first-order valence-electron chi connectivity index (χ1n) is 12.0. The third-order valence-corrected chi connectivity index (χ3v) is 7.74. The van der Waals surface area contributed by atoms with Crippen molar-refractivity contribution in [2.24, 2.45) is 0 Å². The highest BCUT2D eigenvalue weighted by molar-refractivity contribution is 7.90. The van der Waals surface area contributed by atoms with Gasteiger partial charge >= 0.3 is 0 Å². The number of nitrogens with one attached hydrogen (secondary N) is 2. The van der Waals surface area contributed by atoms with Crippen molar-refractivity contribution in [1.29, 1.82) is 0 Å². The highest BCUT2D eigenvalue weighted by atomic mass is 35.5. The number of ether oxygens (including phenoxy) is 1. The molecular formula is C28H30Cl2N2O5S. The van der Waals surface area contributed by atoms with Gasteiger partial charge < -0.3 is 15.4 Å². The second-order valence-electron chi connectivity index (χ2n) is 9.00. The molecule has 0 fully saturated rings. The molecule has 0 saturated heterocycles. The molecule has 10 heteroatoms. The van der Waals surface area contributed by atoms with E-state index in [0.717, 1.165) is 35.2 Å². The molecule has 1 aliphatic rings. The molecule has 1 unspecified atom stereocenters. The van der Waals surface area contributed by atoms with E-state index in [1.165, 1.54) is 6.26 Å². The van der Waals surface area contributed by atoms with Crippen molar-refractivity contribution in [1.82, 2.24) is 10.6 Å². The van der Waals surface area contributed by atoms with Crippen LogP contribution in [0.3, 0.4) is 0 Å². The van der Waals surface area contributed by atoms with Crippen LogP contribution in [0.15, 0.2) is 65.6 Å². The first-order chi connectivity index (χ1) is 18.1. The van der Waals surface area contributed by atoms with Gasteiger partial charge in [-0.05, 0) is 66.8 Å². The quantitative estimate of drug-likeness (QED) is 0.375. The zero-order valence-corrected chi connectivity index (χ0v) is 23.5. The van der Waals surface area contributed by atoms with Gasteiger partial charge in [-0.15, -0.1) is 0 Å². The predicted octanol–water partition coefficient (Wildman–Crippen LogP) is 4.76. The summed E-state index contributed by atoms with van der Waals surface area (Å²) in [5.41, 5.74) is 4.10. The molecule has 0 aliphatic carbocycles. The average molecular weight is 578 g/mol. The van der Waals surface area contributed by atoms with Crippen LogP contribution in [0.2, 0.25) is 10.0 Å². The summed E-state index contributed by atoms with van der Waals surface area (Å²) in [5, 5.41) is 6.92. The lowest BCUT2D eigenvalue weighted by atomic mass is 9.97. The maximum Gasteiger partial charge on any atom is 0.293 e. The number of amides is 1. The molecule has 1 heterocycles. The molecule has 0 bridgehead atoms. The van der Waals surface area contributed by atoms with Gasteiger partial charge in [0.2, 0.25) is 0 Å². The fraction of sp³-hybridized carbons (Fsp3) is 0.286. The van der Waals surface area contributed by atoms with E-state index in [0.29, 0.717) is 41.7 Å².